The molecule has 206 valence electrons. The van der Waals surface area contributed by atoms with Crippen LogP contribution in [-0.4, -0.2) is 77.3 Å². The molecule has 3 aliphatic heterocycles. The molecule has 3 saturated heterocycles. The third kappa shape index (κ3) is 5.82. The maximum atomic E-state index is 12.4. The highest BCUT2D eigenvalue weighted by atomic mass is 16.6. The molecule has 1 aromatic heterocycles. The number of hydrogen-bond acceptors (Lipinski definition) is 5. The van der Waals surface area contributed by atoms with Crippen molar-refractivity contribution in [2.24, 2.45) is 5.92 Å². The largest absolute Gasteiger partial charge is 0.444 e. The van der Waals surface area contributed by atoms with Crippen LogP contribution in [-0.2, 0) is 9.53 Å². The number of amides is 4. The first-order valence-electron chi connectivity index (χ1n) is 14.0. The van der Waals surface area contributed by atoms with Crippen LogP contribution in [0.5, 0.6) is 0 Å². The minimum absolute atomic E-state index is 0.188. The smallest absolute Gasteiger partial charge is 0.410 e. The molecule has 9 heteroatoms. The number of carbonyl (C=O) groups excluding carboxylic acids is 3. The van der Waals surface area contributed by atoms with Crippen LogP contribution >= 0.6 is 0 Å². The monoisotopic (exact) mass is 523 g/mol. The normalized spacial score (nSPS) is 20.7. The number of benzene rings is 1. The van der Waals surface area contributed by atoms with Crippen LogP contribution in [0.2, 0.25) is 0 Å². The number of rotatable bonds is 4. The number of carbonyl (C=O) groups is 3. The zero-order valence-corrected chi connectivity index (χ0v) is 23.2. The van der Waals surface area contributed by atoms with Gasteiger partial charge in [-0.15, -0.1) is 0 Å². The lowest BCUT2D eigenvalue weighted by atomic mass is 9.95. The molecule has 4 amide bonds. The van der Waals surface area contributed by atoms with Crippen LogP contribution in [0.25, 0.3) is 10.9 Å². The van der Waals surface area contributed by atoms with Gasteiger partial charge in [-0.2, -0.15) is 0 Å². The van der Waals surface area contributed by atoms with Gasteiger partial charge in [0, 0.05) is 74.5 Å². The van der Waals surface area contributed by atoms with E-state index in [2.05, 4.69) is 40.0 Å². The Morgan fingerprint density at radius 1 is 1.03 bits per heavy atom. The van der Waals surface area contributed by atoms with Crippen molar-refractivity contribution in [2.75, 3.05) is 44.2 Å². The number of nitrogens with one attached hydrogen (secondary N) is 1. The molecule has 5 rings (SSSR count). The van der Waals surface area contributed by atoms with Crippen molar-refractivity contribution >= 4 is 34.6 Å². The first kappa shape index (κ1) is 26.5. The number of anilines is 1. The molecule has 2 aromatic rings. The first-order chi connectivity index (χ1) is 18.1. The van der Waals surface area contributed by atoms with Crippen LogP contribution in [0.4, 0.5) is 15.3 Å². The van der Waals surface area contributed by atoms with E-state index >= 15 is 0 Å². The van der Waals surface area contributed by atoms with Gasteiger partial charge < -0.3 is 19.1 Å². The predicted octanol–water partition coefficient (Wildman–Crippen LogP) is 4.68. The van der Waals surface area contributed by atoms with E-state index in [-0.39, 0.29) is 18.0 Å². The number of nitrogens with zero attached hydrogens (tertiary/aromatic N) is 4. The van der Waals surface area contributed by atoms with Gasteiger partial charge in [0.25, 0.3) is 0 Å². The molecular weight excluding hydrogens is 482 g/mol. The number of urea groups is 1. The van der Waals surface area contributed by atoms with Crippen LogP contribution in [0, 0.1) is 12.8 Å². The average molecular weight is 524 g/mol. The lowest BCUT2D eigenvalue weighted by molar-refractivity contribution is -0.120. The van der Waals surface area contributed by atoms with E-state index in [1.165, 1.54) is 11.1 Å². The van der Waals surface area contributed by atoms with Gasteiger partial charge in [0.15, 0.2) is 0 Å². The van der Waals surface area contributed by atoms with E-state index in [0.717, 1.165) is 69.5 Å². The van der Waals surface area contributed by atoms with E-state index in [1.807, 2.05) is 31.7 Å². The fraction of sp³-hybridized carbons (Fsp3) is 0.621. The number of aryl methyl sites for hydroxylation is 1. The second-order valence-electron chi connectivity index (χ2n) is 12.1. The Balaban J connectivity index is 1.15. The second kappa shape index (κ2) is 10.6. The molecule has 0 atom stereocenters. The van der Waals surface area contributed by atoms with Crippen molar-refractivity contribution < 1.29 is 19.1 Å². The SMILES string of the molecule is Cc1cn(C2CCN(CC3CCN(C(=O)OC(C)(C)C)CC3)CC2)c2ccc(N3CCC(=O)NC3=O)cc12. The molecule has 9 nitrogen and oxygen atoms in total. The van der Waals surface area contributed by atoms with Crippen LogP contribution in [0.15, 0.2) is 24.4 Å². The number of imide groups is 1. The van der Waals surface area contributed by atoms with Crippen LogP contribution in [0.1, 0.15) is 64.5 Å². The summed E-state index contributed by atoms with van der Waals surface area (Å²) in [6.45, 7) is 13.1. The van der Waals surface area contributed by atoms with Crippen LogP contribution in [0.3, 0.4) is 0 Å². The Morgan fingerprint density at radius 2 is 1.74 bits per heavy atom. The summed E-state index contributed by atoms with van der Waals surface area (Å²) in [5, 5.41) is 3.57. The molecule has 1 N–H and O–H groups in total. The highest BCUT2D eigenvalue weighted by Crippen LogP contribution is 2.33. The maximum absolute atomic E-state index is 12.4. The summed E-state index contributed by atoms with van der Waals surface area (Å²) in [7, 11) is 0. The molecular formula is C29H41N5O4. The Hall–Kier alpha value is -3.07. The van der Waals surface area contributed by atoms with E-state index in [4.69, 9.17) is 4.74 Å². The van der Waals surface area contributed by atoms with Gasteiger partial charge in [-0.1, -0.05) is 0 Å². The third-order valence-electron chi connectivity index (χ3n) is 8.11. The lowest BCUT2D eigenvalue weighted by Gasteiger charge is -2.38. The summed E-state index contributed by atoms with van der Waals surface area (Å²) >= 11 is 0. The Labute approximate surface area is 225 Å². The second-order valence-corrected chi connectivity index (χ2v) is 12.1. The summed E-state index contributed by atoms with van der Waals surface area (Å²) in [5.41, 5.74) is 2.79. The zero-order chi connectivity index (χ0) is 27.0. The fourth-order valence-electron chi connectivity index (χ4n) is 6.06. The van der Waals surface area contributed by atoms with Crippen molar-refractivity contribution in [1.29, 1.82) is 0 Å². The molecule has 0 unspecified atom stereocenters. The topological polar surface area (TPSA) is 87.1 Å². The number of hydrogen-bond donors (Lipinski definition) is 1. The summed E-state index contributed by atoms with van der Waals surface area (Å²) in [4.78, 5) is 42.3. The number of likely N-dealkylation sites (tertiary alicyclic amines) is 2. The van der Waals surface area contributed by atoms with Gasteiger partial charge in [-0.3, -0.25) is 15.0 Å². The maximum Gasteiger partial charge on any atom is 0.410 e. The number of piperidine rings is 2. The molecule has 3 aliphatic rings. The molecule has 0 radical (unpaired) electrons. The van der Waals surface area contributed by atoms with Crippen molar-refractivity contribution in [3.63, 3.8) is 0 Å². The summed E-state index contributed by atoms with van der Waals surface area (Å²) in [6, 6.07) is 6.30. The Morgan fingerprint density at radius 3 is 2.39 bits per heavy atom. The van der Waals surface area contributed by atoms with Gasteiger partial charge in [0.1, 0.15) is 5.60 Å². The van der Waals surface area contributed by atoms with E-state index in [1.54, 1.807) is 4.90 Å². The van der Waals surface area contributed by atoms with Crippen molar-refractivity contribution in [3.8, 4) is 0 Å². The van der Waals surface area contributed by atoms with Crippen molar-refractivity contribution in [3.05, 3.63) is 30.0 Å². The summed E-state index contributed by atoms with van der Waals surface area (Å²) < 4.78 is 7.96. The Kier molecular flexibility index (Phi) is 7.40. The lowest BCUT2D eigenvalue weighted by Crippen LogP contribution is -2.49. The molecule has 0 aliphatic carbocycles. The predicted molar refractivity (Wildman–Crippen MR) is 147 cm³/mol. The number of ether oxygens (including phenoxy) is 1. The number of fused-ring (bicyclic) bond motifs is 1. The third-order valence-corrected chi connectivity index (χ3v) is 8.11. The zero-order valence-electron chi connectivity index (χ0n) is 23.2. The number of aromatic nitrogens is 1. The van der Waals surface area contributed by atoms with Crippen molar-refractivity contribution in [2.45, 2.75) is 71.4 Å². The fourth-order valence-corrected chi connectivity index (χ4v) is 6.06. The first-order valence-corrected chi connectivity index (χ1v) is 14.0. The molecule has 0 bridgehead atoms. The molecule has 4 heterocycles. The van der Waals surface area contributed by atoms with Crippen molar-refractivity contribution in [1.82, 2.24) is 19.7 Å². The molecule has 0 spiro atoms. The van der Waals surface area contributed by atoms with Gasteiger partial charge >= 0.3 is 12.1 Å². The van der Waals surface area contributed by atoms with Crippen LogP contribution < -0.4 is 10.2 Å². The molecule has 38 heavy (non-hydrogen) atoms. The van der Waals surface area contributed by atoms with E-state index < -0.39 is 5.60 Å². The van der Waals surface area contributed by atoms with Gasteiger partial charge in [0.05, 0.1) is 0 Å². The minimum atomic E-state index is -0.449. The molecule has 0 saturated carbocycles. The average Bonchev–Trinajstić information content (AvgIpc) is 3.19. The standard InChI is InChI=1S/C29H41N5O4/c1-20-18-34(25-6-5-23(17-24(20)25)33-16-11-26(35)30-27(33)36)22-9-12-31(13-10-22)19-21-7-14-32(15-8-21)28(37)38-29(2,3)4/h5-6,17-18,21-22H,7-16,19H2,1-4H3,(H,30,35,36). The van der Waals surface area contributed by atoms with E-state index in [9.17, 15) is 14.4 Å². The van der Waals surface area contributed by atoms with E-state index in [0.29, 0.717) is 24.9 Å². The molecule has 3 fully saturated rings. The summed E-state index contributed by atoms with van der Waals surface area (Å²) in [5.74, 6) is 0.410. The quantitative estimate of drug-likeness (QED) is 0.629. The highest BCUT2D eigenvalue weighted by molar-refractivity contribution is 6.06. The minimum Gasteiger partial charge on any atom is -0.444 e. The Bertz CT molecular complexity index is 1200. The highest BCUT2D eigenvalue weighted by Gasteiger charge is 2.30. The summed E-state index contributed by atoms with van der Waals surface area (Å²) in [6.07, 6.45) is 6.67. The molecule has 1 aromatic carbocycles. The van der Waals surface area contributed by atoms with Gasteiger partial charge in [0.2, 0.25) is 5.91 Å². The van der Waals surface area contributed by atoms with Gasteiger partial charge in [-0.25, -0.2) is 9.59 Å². The van der Waals surface area contributed by atoms with Gasteiger partial charge in [-0.05, 0) is 83.1 Å².